The third-order valence-corrected chi connectivity index (χ3v) is 3.72. The predicted octanol–water partition coefficient (Wildman–Crippen LogP) is 0.902. The minimum Gasteiger partial charge on any atom is -0.497 e. The molecule has 2 amide bonds. The van der Waals surface area contributed by atoms with Crippen LogP contribution in [0.15, 0.2) is 24.3 Å². The van der Waals surface area contributed by atoms with Crippen molar-refractivity contribution in [3.63, 3.8) is 0 Å². The van der Waals surface area contributed by atoms with E-state index >= 15 is 0 Å². The SMILES string of the molecule is COCCC(=O)N1CCN(Cc2ccc(OC)cc2)C(=O)C1. The van der Waals surface area contributed by atoms with Crippen molar-refractivity contribution in [2.45, 2.75) is 13.0 Å². The summed E-state index contributed by atoms with van der Waals surface area (Å²) in [5.74, 6) is 0.746. The summed E-state index contributed by atoms with van der Waals surface area (Å²) in [4.78, 5) is 27.5. The Kier molecular flexibility index (Phi) is 5.77. The number of nitrogens with zero attached hydrogens (tertiary/aromatic N) is 2. The maximum Gasteiger partial charge on any atom is 0.242 e. The minimum absolute atomic E-state index is 0.0205. The van der Waals surface area contributed by atoms with Crippen molar-refractivity contribution in [1.82, 2.24) is 9.80 Å². The summed E-state index contributed by atoms with van der Waals surface area (Å²) in [5.41, 5.74) is 1.05. The van der Waals surface area contributed by atoms with Crippen molar-refractivity contribution < 1.29 is 19.1 Å². The van der Waals surface area contributed by atoms with Gasteiger partial charge in [-0.2, -0.15) is 0 Å². The summed E-state index contributed by atoms with van der Waals surface area (Å²) in [6, 6.07) is 7.65. The van der Waals surface area contributed by atoms with Crippen LogP contribution in [-0.2, 0) is 20.9 Å². The molecule has 1 aromatic carbocycles. The molecule has 0 aromatic heterocycles. The second-order valence-corrected chi connectivity index (χ2v) is 5.22. The van der Waals surface area contributed by atoms with E-state index in [9.17, 15) is 9.59 Å². The highest BCUT2D eigenvalue weighted by Crippen LogP contribution is 2.15. The predicted molar refractivity (Wildman–Crippen MR) is 81.5 cm³/mol. The van der Waals surface area contributed by atoms with Crippen molar-refractivity contribution in [3.05, 3.63) is 29.8 Å². The van der Waals surface area contributed by atoms with Gasteiger partial charge in [0.05, 0.1) is 26.7 Å². The van der Waals surface area contributed by atoms with Crippen molar-refractivity contribution in [3.8, 4) is 5.75 Å². The number of methoxy groups -OCH3 is 2. The molecular formula is C16H22N2O4. The number of ether oxygens (including phenoxy) is 2. The Bertz CT molecular complexity index is 515. The lowest BCUT2D eigenvalue weighted by atomic mass is 10.2. The third kappa shape index (κ3) is 4.21. The van der Waals surface area contributed by atoms with E-state index < -0.39 is 0 Å². The zero-order valence-electron chi connectivity index (χ0n) is 13.1. The third-order valence-electron chi connectivity index (χ3n) is 3.72. The van der Waals surface area contributed by atoms with Crippen LogP contribution in [0.1, 0.15) is 12.0 Å². The molecule has 22 heavy (non-hydrogen) atoms. The minimum atomic E-state index is -0.0284. The topological polar surface area (TPSA) is 59.1 Å². The molecule has 6 heteroatoms. The van der Waals surface area contributed by atoms with E-state index in [1.54, 1.807) is 24.0 Å². The maximum atomic E-state index is 12.2. The summed E-state index contributed by atoms with van der Waals surface area (Å²) in [6.07, 6.45) is 0.322. The van der Waals surface area contributed by atoms with Crippen molar-refractivity contribution in [2.75, 3.05) is 40.5 Å². The molecule has 2 rings (SSSR count). The number of carbonyl (C=O) groups excluding carboxylic acids is 2. The normalized spacial score (nSPS) is 15.1. The summed E-state index contributed by atoms with van der Waals surface area (Å²) in [6.45, 7) is 2.23. The van der Waals surface area contributed by atoms with Gasteiger partial charge in [-0.1, -0.05) is 12.1 Å². The molecule has 0 radical (unpaired) electrons. The van der Waals surface area contributed by atoms with Crippen molar-refractivity contribution in [2.24, 2.45) is 0 Å². The number of benzene rings is 1. The number of piperazine rings is 1. The molecule has 0 atom stereocenters. The summed E-state index contributed by atoms with van der Waals surface area (Å²) in [5, 5.41) is 0. The Morgan fingerprint density at radius 3 is 2.50 bits per heavy atom. The highest BCUT2D eigenvalue weighted by Gasteiger charge is 2.26. The van der Waals surface area contributed by atoms with Gasteiger partial charge in [-0.05, 0) is 17.7 Å². The summed E-state index contributed by atoms with van der Waals surface area (Å²) in [7, 11) is 3.18. The molecule has 0 saturated carbocycles. The van der Waals surface area contributed by atoms with E-state index in [4.69, 9.17) is 9.47 Å². The molecule has 1 heterocycles. The van der Waals surface area contributed by atoms with E-state index in [0.29, 0.717) is 32.7 Å². The molecular weight excluding hydrogens is 284 g/mol. The van der Waals surface area contributed by atoms with Gasteiger partial charge in [-0.15, -0.1) is 0 Å². The molecule has 120 valence electrons. The molecule has 0 bridgehead atoms. The van der Waals surface area contributed by atoms with Gasteiger partial charge in [0.15, 0.2) is 0 Å². The fourth-order valence-electron chi connectivity index (χ4n) is 2.39. The van der Waals surface area contributed by atoms with Gasteiger partial charge in [-0.3, -0.25) is 9.59 Å². The summed E-state index contributed by atoms with van der Waals surface area (Å²) >= 11 is 0. The number of rotatable bonds is 6. The quantitative estimate of drug-likeness (QED) is 0.783. The highest BCUT2D eigenvalue weighted by molar-refractivity contribution is 5.86. The van der Waals surface area contributed by atoms with E-state index in [0.717, 1.165) is 11.3 Å². The highest BCUT2D eigenvalue weighted by atomic mass is 16.5. The molecule has 6 nitrogen and oxygen atoms in total. The first-order valence-corrected chi connectivity index (χ1v) is 7.31. The first-order chi connectivity index (χ1) is 10.6. The van der Waals surface area contributed by atoms with Crippen molar-refractivity contribution in [1.29, 1.82) is 0 Å². The first kappa shape index (κ1) is 16.3. The molecule has 0 N–H and O–H groups in total. The zero-order chi connectivity index (χ0) is 15.9. The molecule has 0 spiro atoms. The molecule has 1 aromatic rings. The van der Waals surface area contributed by atoms with Gasteiger partial charge in [0.2, 0.25) is 11.8 Å². The molecule has 1 fully saturated rings. The van der Waals surface area contributed by atoms with Crippen LogP contribution in [0, 0.1) is 0 Å². The van der Waals surface area contributed by atoms with Crippen LogP contribution in [-0.4, -0.2) is 62.1 Å². The van der Waals surface area contributed by atoms with E-state index in [1.807, 2.05) is 24.3 Å². The fraction of sp³-hybridized carbons (Fsp3) is 0.500. The van der Waals surface area contributed by atoms with E-state index in [2.05, 4.69) is 0 Å². The lowest BCUT2D eigenvalue weighted by molar-refractivity contribution is -0.146. The Morgan fingerprint density at radius 2 is 1.91 bits per heavy atom. The molecule has 0 unspecified atom stereocenters. The molecule has 0 aliphatic carbocycles. The van der Waals surface area contributed by atoms with Gasteiger partial charge in [0.25, 0.3) is 0 Å². The van der Waals surface area contributed by atoms with Crippen LogP contribution in [0.5, 0.6) is 5.75 Å². The van der Waals surface area contributed by atoms with Crippen LogP contribution in [0.2, 0.25) is 0 Å². The summed E-state index contributed by atoms with van der Waals surface area (Å²) < 4.78 is 10.0. The lowest BCUT2D eigenvalue weighted by Crippen LogP contribution is -2.51. The number of amides is 2. The number of carbonyl (C=O) groups is 2. The van der Waals surface area contributed by atoms with Crippen LogP contribution in [0.25, 0.3) is 0 Å². The molecule has 1 aliphatic rings. The largest absolute Gasteiger partial charge is 0.497 e. The van der Waals surface area contributed by atoms with Gasteiger partial charge >= 0.3 is 0 Å². The van der Waals surface area contributed by atoms with Crippen LogP contribution in [0.4, 0.5) is 0 Å². The monoisotopic (exact) mass is 306 g/mol. The first-order valence-electron chi connectivity index (χ1n) is 7.31. The number of hydrogen-bond acceptors (Lipinski definition) is 4. The second kappa shape index (κ2) is 7.79. The van der Waals surface area contributed by atoms with Gasteiger partial charge in [0.1, 0.15) is 5.75 Å². The average Bonchev–Trinajstić information content (AvgIpc) is 2.55. The van der Waals surface area contributed by atoms with Gasteiger partial charge < -0.3 is 19.3 Å². The smallest absolute Gasteiger partial charge is 0.242 e. The average molecular weight is 306 g/mol. The molecule has 1 aliphatic heterocycles. The zero-order valence-corrected chi connectivity index (χ0v) is 13.1. The van der Waals surface area contributed by atoms with Crippen LogP contribution < -0.4 is 4.74 Å². The standard InChI is InChI=1S/C16H22N2O4/c1-21-10-7-15(19)18-9-8-17(16(20)12-18)11-13-3-5-14(22-2)6-4-13/h3-6H,7-12H2,1-2H3. The number of hydrogen-bond donors (Lipinski definition) is 0. The fourth-order valence-corrected chi connectivity index (χ4v) is 2.39. The molecule has 1 saturated heterocycles. The second-order valence-electron chi connectivity index (χ2n) is 5.22. The lowest BCUT2D eigenvalue weighted by Gasteiger charge is -2.34. The van der Waals surface area contributed by atoms with E-state index in [1.165, 1.54) is 0 Å². The Balaban J connectivity index is 1.87. The van der Waals surface area contributed by atoms with Crippen molar-refractivity contribution >= 4 is 11.8 Å². The Labute approximate surface area is 130 Å². The maximum absolute atomic E-state index is 12.2. The van der Waals surface area contributed by atoms with Crippen LogP contribution >= 0.6 is 0 Å². The Morgan fingerprint density at radius 1 is 1.18 bits per heavy atom. The van der Waals surface area contributed by atoms with Crippen LogP contribution in [0.3, 0.4) is 0 Å². The van der Waals surface area contributed by atoms with Gasteiger partial charge in [-0.25, -0.2) is 0 Å². The Hall–Kier alpha value is -2.08. The van der Waals surface area contributed by atoms with E-state index in [-0.39, 0.29) is 18.4 Å². The van der Waals surface area contributed by atoms with Gasteiger partial charge in [0, 0.05) is 26.7 Å².